The summed E-state index contributed by atoms with van der Waals surface area (Å²) in [7, 11) is 0. The van der Waals surface area contributed by atoms with Crippen LogP contribution in [0.5, 0.6) is 0 Å². The molecule has 1 amide bonds. The molecule has 11 heavy (non-hydrogen) atoms. The first kappa shape index (κ1) is 8.08. The average Bonchev–Trinajstić information content (AvgIpc) is 1.93. The Bertz CT molecular complexity index is 255. The Morgan fingerprint density at radius 1 is 1.55 bits per heavy atom. The van der Waals surface area contributed by atoms with Gasteiger partial charge in [0.05, 0.1) is 0 Å². The molecule has 0 aliphatic rings. The first-order valence-electron chi connectivity index (χ1n) is 3.05. The van der Waals surface area contributed by atoms with Crippen LogP contribution >= 0.6 is 11.6 Å². The Kier molecular flexibility index (Phi) is 2.49. The number of hydrogen-bond acceptors (Lipinski definition) is 1. The number of anilines is 1. The summed E-state index contributed by atoms with van der Waals surface area (Å²) >= 11 is 5.55. The molecule has 0 atom stereocenters. The lowest BCUT2D eigenvalue weighted by Gasteiger charge is -1.98. The minimum absolute atomic E-state index is 0.128. The maximum atomic E-state index is 10.5. The van der Waals surface area contributed by atoms with Crippen LogP contribution < -0.4 is 5.32 Å². The van der Waals surface area contributed by atoms with E-state index in [9.17, 15) is 4.79 Å². The van der Waals surface area contributed by atoms with E-state index in [-0.39, 0.29) is 5.91 Å². The van der Waals surface area contributed by atoms with E-state index < -0.39 is 0 Å². The van der Waals surface area contributed by atoms with Crippen molar-refractivity contribution in [2.45, 2.75) is 6.92 Å². The minimum Gasteiger partial charge on any atom is -0.326 e. The molecule has 0 aliphatic heterocycles. The Labute approximate surface area is 70.2 Å². The average molecular weight is 168 g/mol. The SMILES string of the molecule is CC(=O)Nc1[c]cc(Cl)[c]c1. The standard InChI is InChI=1S/C8H6ClNO/c1-6(11)10-8-4-2-7(9)3-5-8/h2,5H,1H3,(H,10,11). The summed E-state index contributed by atoms with van der Waals surface area (Å²) in [6.07, 6.45) is 0. The summed E-state index contributed by atoms with van der Waals surface area (Å²) < 4.78 is 0. The predicted molar refractivity (Wildman–Crippen MR) is 43.4 cm³/mol. The van der Waals surface area contributed by atoms with E-state index in [0.29, 0.717) is 10.7 Å². The summed E-state index contributed by atoms with van der Waals surface area (Å²) in [5.41, 5.74) is 0.585. The molecule has 56 valence electrons. The van der Waals surface area contributed by atoms with Crippen LogP contribution in [-0.4, -0.2) is 5.91 Å². The van der Waals surface area contributed by atoms with Gasteiger partial charge in [-0.3, -0.25) is 4.79 Å². The molecular formula is C8H6ClNO. The van der Waals surface area contributed by atoms with Crippen LogP contribution in [0.2, 0.25) is 5.02 Å². The summed E-state index contributed by atoms with van der Waals surface area (Å²) in [5.74, 6) is -0.128. The lowest BCUT2D eigenvalue weighted by Crippen LogP contribution is -2.05. The number of hydrogen-bond donors (Lipinski definition) is 1. The van der Waals surface area contributed by atoms with E-state index in [4.69, 9.17) is 11.6 Å². The largest absolute Gasteiger partial charge is 0.326 e. The highest BCUT2D eigenvalue weighted by Gasteiger charge is 1.94. The minimum atomic E-state index is -0.128. The maximum Gasteiger partial charge on any atom is 0.221 e. The molecular weight excluding hydrogens is 162 g/mol. The molecule has 2 nitrogen and oxygen atoms in total. The van der Waals surface area contributed by atoms with Gasteiger partial charge in [0.15, 0.2) is 0 Å². The summed E-state index contributed by atoms with van der Waals surface area (Å²) in [6, 6.07) is 8.62. The van der Waals surface area contributed by atoms with Gasteiger partial charge in [-0.15, -0.1) is 0 Å². The van der Waals surface area contributed by atoms with Gasteiger partial charge in [0.2, 0.25) is 5.91 Å². The fourth-order valence-corrected chi connectivity index (χ4v) is 0.736. The van der Waals surface area contributed by atoms with E-state index in [1.807, 2.05) is 0 Å². The Hall–Kier alpha value is -1.02. The molecule has 1 aromatic rings. The van der Waals surface area contributed by atoms with Crippen LogP contribution in [0.15, 0.2) is 12.1 Å². The van der Waals surface area contributed by atoms with Crippen LogP contribution in [0, 0.1) is 12.1 Å². The topological polar surface area (TPSA) is 29.1 Å². The summed E-state index contributed by atoms with van der Waals surface area (Å²) in [6.45, 7) is 1.43. The molecule has 1 rings (SSSR count). The molecule has 0 aromatic heterocycles. The second kappa shape index (κ2) is 3.39. The van der Waals surface area contributed by atoms with Crippen LogP contribution in [0.1, 0.15) is 6.92 Å². The fraction of sp³-hybridized carbons (Fsp3) is 0.125. The quantitative estimate of drug-likeness (QED) is 0.680. The molecule has 0 fully saturated rings. The highest BCUT2D eigenvalue weighted by Crippen LogP contribution is 2.11. The van der Waals surface area contributed by atoms with Gasteiger partial charge >= 0.3 is 0 Å². The van der Waals surface area contributed by atoms with Crippen molar-refractivity contribution in [1.82, 2.24) is 0 Å². The zero-order valence-corrected chi connectivity index (χ0v) is 6.70. The Morgan fingerprint density at radius 3 is 2.73 bits per heavy atom. The van der Waals surface area contributed by atoms with Crippen molar-refractivity contribution in [3.05, 3.63) is 29.3 Å². The third kappa shape index (κ3) is 2.60. The molecule has 0 unspecified atom stereocenters. The highest BCUT2D eigenvalue weighted by molar-refractivity contribution is 6.30. The molecule has 3 heteroatoms. The molecule has 0 saturated carbocycles. The van der Waals surface area contributed by atoms with Gasteiger partial charge < -0.3 is 5.32 Å². The van der Waals surface area contributed by atoms with E-state index in [0.717, 1.165) is 0 Å². The van der Waals surface area contributed by atoms with E-state index in [1.165, 1.54) is 6.92 Å². The van der Waals surface area contributed by atoms with Crippen molar-refractivity contribution in [3.8, 4) is 0 Å². The Balaban J connectivity index is 2.74. The number of amides is 1. The summed E-state index contributed by atoms with van der Waals surface area (Å²) in [5, 5.41) is 3.03. The van der Waals surface area contributed by atoms with Gasteiger partial charge in [0.25, 0.3) is 0 Å². The normalized spacial score (nSPS) is 9.27. The number of benzene rings is 1. The van der Waals surface area contributed by atoms with Crippen molar-refractivity contribution < 1.29 is 4.79 Å². The van der Waals surface area contributed by atoms with Gasteiger partial charge in [-0.1, -0.05) is 11.6 Å². The number of rotatable bonds is 1. The number of carbonyl (C=O) groups is 1. The number of nitrogens with one attached hydrogen (secondary N) is 1. The molecule has 0 heterocycles. The van der Waals surface area contributed by atoms with Crippen LogP contribution in [0.3, 0.4) is 0 Å². The van der Waals surface area contributed by atoms with Gasteiger partial charge in [-0.25, -0.2) is 0 Å². The molecule has 0 bridgehead atoms. The first-order valence-corrected chi connectivity index (χ1v) is 3.43. The molecule has 0 spiro atoms. The van der Waals surface area contributed by atoms with Gasteiger partial charge in [-0.05, 0) is 12.1 Å². The second-order valence-corrected chi connectivity index (χ2v) is 2.43. The van der Waals surface area contributed by atoms with Crippen LogP contribution in [-0.2, 0) is 4.79 Å². The number of halogens is 1. The maximum absolute atomic E-state index is 10.5. The van der Waals surface area contributed by atoms with Crippen LogP contribution in [0.25, 0.3) is 0 Å². The van der Waals surface area contributed by atoms with E-state index in [2.05, 4.69) is 17.4 Å². The van der Waals surface area contributed by atoms with Crippen molar-refractivity contribution >= 4 is 23.2 Å². The monoisotopic (exact) mass is 167 g/mol. The fourth-order valence-electron chi connectivity index (χ4n) is 0.627. The Morgan fingerprint density at radius 2 is 2.27 bits per heavy atom. The zero-order valence-electron chi connectivity index (χ0n) is 5.94. The summed E-state index contributed by atoms with van der Waals surface area (Å²) in [4.78, 5) is 10.5. The van der Waals surface area contributed by atoms with E-state index >= 15 is 0 Å². The third-order valence-corrected chi connectivity index (χ3v) is 1.24. The highest BCUT2D eigenvalue weighted by atomic mass is 35.5. The van der Waals surface area contributed by atoms with Crippen molar-refractivity contribution in [2.24, 2.45) is 0 Å². The molecule has 0 aliphatic carbocycles. The smallest absolute Gasteiger partial charge is 0.221 e. The first-order chi connectivity index (χ1) is 5.18. The predicted octanol–water partition coefficient (Wildman–Crippen LogP) is 1.90. The van der Waals surface area contributed by atoms with Crippen molar-refractivity contribution in [2.75, 3.05) is 5.32 Å². The third-order valence-electron chi connectivity index (χ3n) is 1.02. The molecule has 0 saturated heterocycles. The van der Waals surface area contributed by atoms with Gasteiger partial charge in [0.1, 0.15) is 0 Å². The molecule has 1 N–H and O–H groups in total. The zero-order chi connectivity index (χ0) is 8.27. The number of carbonyl (C=O) groups excluding carboxylic acids is 1. The van der Waals surface area contributed by atoms with Gasteiger partial charge in [0, 0.05) is 29.8 Å². The van der Waals surface area contributed by atoms with Gasteiger partial charge in [-0.2, -0.15) is 0 Å². The second-order valence-electron chi connectivity index (χ2n) is 2.02. The van der Waals surface area contributed by atoms with Crippen molar-refractivity contribution in [1.29, 1.82) is 0 Å². The van der Waals surface area contributed by atoms with E-state index in [1.54, 1.807) is 12.1 Å². The van der Waals surface area contributed by atoms with Crippen molar-refractivity contribution in [3.63, 3.8) is 0 Å². The lowest BCUT2D eigenvalue weighted by atomic mass is 10.3. The molecule has 1 aromatic carbocycles. The van der Waals surface area contributed by atoms with Crippen LogP contribution in [0.4, 0.5) is 5.69 Å². The lowest BCUT2D eigenvalue weighted by molar-refractivity contribution is -0.114. The molecule has 2 radical (unpaired) electrons.